The molecular weight excluding hydrogens is 260 g/mol. The SMILES string of the molecule is CCC(CC1CC1)NS(=O)(=O)c1cccc(CN)c1. The van der Waals surface area contributed by atoms with Crippen molar-refractivity contribution in [2.45, 2.75) is 50.1 Å². The fourth-order valence-corrected chi connectivity index (χ4v) is 3.58. The van der Waals surface area contributed by atoms with Crippen LogP contribution in [0.15, 0.2) is 29.2 Å². The Morgan fingerprint density at radius 2 is 2.16 bits per heavy atom. The fraction of sp³-hybridized carbons (Fsp3) is 0.571. The summed E-state index contributed by atoms with van der Waals surface area (Å²) in [4.78, 5) is 0.310. The molecule has 1 aromatic carbocycles. The molecule has 106 valence electrons. The molecule has 19 heavy (non-hydrogen) atoms. The van der Waals surface area contributed by atoms with Crippen LogP contribution >= 0.6 is 0 Å². The predicted octanol–water partition coefficient (Wildman–Crippen LogP) is 2.00. The van der Waals surface area contributed by atoms with Gasteiger partial charge in [-0.2, -0.15) is 0 Å². The van der Waals surface area contributed by atoms with Crippen molar-refractivity contribution >= 4 is 10.0 Å². The summed E-state index contributed by atoms with van der Waals surface area (Å²) in [7, 11) is -3.43. The highest BCUT2D eigenvalue weighted by molar-refractivity contribution is 7.89. The number of nitrogens with one attached hydrogen (secondary N) is 1. The number of hydrogen-bond donors (Lipinski definition) is 2. The van der Waals surface area contributed by atoms with E-state index >= 15 is 0 Å². The van der Waals surface area contributed by atoms with Gasteiger partial charge in [-0.3, -0.25) is 0 Å². The lowest BCUT2D eigenvalue weighted by atomic mass is 10.1. The molecule has 1 fully saturated rings. The predicted molar refractivity (Wildman–Crippen MR) is 76.1 cm³/mol. The van der Waals surface area contributed by atoms with Crippen LogP contribution in [0.4, 0.5) is 0 Å². The van der Waals surface area contributed by atoms with Gasteiger partial charge in [0.15, 0.2) is 0 Å². The highest BCUT2D eigenvalue weighted by Crippen LogP contribution is 2.34. The third-order valence-corrected chi connectivity index (χ3v) is 5.09. The lowest BCUT2D eigenvalue weighted by molar-refractivity contribution is 0.495. The molecule has 2 rings (SSSR count). The molecule has 3 N–H and O–H groups in total. The smallest absolute Gasteiger partial charge is 0.240 e. The van der Waals surface area contributed by atoms with Crippen molar-refractivity contribution in [1.82, 2.24) is 4.72 Å². The summed E-state index contributed by atoms with van der Waals surface area (Å²) in [6.45, 7) is 2.37. The van der Waals surface area contributed by atoms with Gasteiger partial charge in [0.25, 0.3) is 0 Å². The quantitative estimate of drug-likeness (QED) is 0.803. The maximum Gasteiger partial charge on any atom is 0.240 e. The molecule has 1 aromatic rings. The van der Waals surface area contributed by atoms with E-state index in [9.17, 15) is 8.42 Å². The summed E-state index contributed by atoms with van der Waals surface area (Å²) < 4.78 is 27.5. The second kappa shape index (κ2) is 6.03. The first-order chi connectivity index (χ1) is 9.05. The molecule has 1 aliphatic carbocycles. The van der Waals surface area contributed by atoms with Gasteiger partial charge in [0, 0.05) is 12.6 Å². The topological polar surface area (TPSA) is 72.2 Å². The van der Waals surface area contributed by atoms with Crippen molar-refractivity contribution in [3.05, 3.63) is 29.8 Å². The van der Waals surface area contributed by atoms with Crippen molar-refractivity contribution in [3.63, 3.8) is 0 Å². The van der Waals surface area contributed by atoms with E-state index < -0.39 is 10.0 Å². The molecule has 1 atom stereocenters. The molecule has 1 unspecified atom stereocenters. The van der Waals surface area contributed by atoms with Gasteiger partial charge in [-0.25, -0.2) is 13.1 Å². The first kappa shape index (κ1) is 14.5. The number of benzene rings is 1. The second-order valence-corrected chi connectivity index (χ2v) is 6.97. The average molecular weight is 282 g/mol. The second-order valence-electron chi connectivity index (χ2n) is 5.26. The Balaban J connectivity index is 2.10. The van der Waals surface area contributed by atoms with Crippen LogP contribution in [-0.4, -0.2) is 14.5 Å². The molecule has 1 aliphatic rings. The van der Waals surface area contributed by atoms with Gasteiger partial charge in [0.1, 0.15) is 0 Å². The Labute approximate surface area is 115 Å². The first-order valence-electron chi connectivity index (χ1n) is 6.86. The molecular formula is C14H22N2O2S. The average Bonchev–Trinajstić information content (AvgIpc) is 3.21. The summed E-state index contributed by atoms with van der Waals surface area (Å²) in [5, 5.41) is 0. The molecule has 1 saturated carbocycles. The highest BCUT2D eigenvalue weighted by Gasteiger charge is 2.27. The molecule has 0 aromatic heterocycles. The zero-order chi connectivity index (χ0) is 13.9. The van der Waals surface area contributed by atoms with Gasteiger partial charge in [-0.05, 0) is 36.5 Å². The summed E-state index contributed by atoms with van der Waals surface area (Å²) in [5.41, 5.74) is 6.38. The van der Waals surface area contributed by atoms with Crippen molar-refractivity contribution in [2.24, 2.45) is 11.7 Å². The van der Waals surface area contributed by atoms with Crippen molar-refractivity contribution in [1.29, 1.82) is 0 Å². The molecule has 0 spiro atoms. The molecule has 4 nitrogen and oxygen atoms in total. The Bertz CT molecular complexity index is 524. The van der Waals surface area contributed by atoms with Crippen LogP contribution in [0, 0.1) is 5.92 Å². The van der Waals surface area contributed by atoms with Crippen LogP contribution in [0.1, 0.15) is 38.2 Å². The van der Waals surface area contributed by atoms with Crippen molar-refractivity contribution in [2.75, 3.05) is 0 Å². The van der Waals surface area contributed by atoms with Crippen LogP contribution in [0.5, 0.6) is 0 Å². The number of nitrogens with two attached hydrogens (primary N) is 1. The van der Waals surface area contributed by atoms with E-state index in [0.717, 1.165) is 18.4 Å². The minimum absolute atomic E-state index is 0.0408. The number of rotatable bonds is 7. The number of sulfonamides is 1. The third-order valence-electron chi connectivity index (χ3n) is 3.57. The molecule has 5 heteroatoms. The minimum atomic E-state index is -3.43. The normalized spacial score (nSPS) is 17.4. The molecule has 0 bridgehead atoms. The van der Waals surface area contributed by atoms with E-state index in [-0.39, 0.29) is 6.04 Å². The summed E-state index contributed by atoms with van der Waals surface area (Å²) in [5.74, 6) is 0.711. The van der Waals surface area contributed by atoms with Crippen LogP contribution in [0.3, 0.4) is 0 Å². The molecule has 0 amide bonds. The Morgan fingerprint density at radius 1 is 1.42 bits per heavy atom. The van der Waals surface area contributed by atoms with Gasteiger partial charge >= 0.3 is 0 Å². The maximum atomic E-state index is 12.3. The monoisotopic (exact) mass is 282 g/mol. The Hall–Kier alpha value is -0.910. The van der Waals surface area contributed by atoms with Crippen LogP contribution in [0.25, 0.3) is 0 Å². The van der Waals surface area contributed by atoms with Crippen molar-refractivity contribution in [3.8, 4) is 0 Å². The van der Waals surface area contributed by atoms with Crippen LogP contribution in [-0.2, 0) is 16.6 Å². The fourth-order valence-electron chi connectivity index (χ4n) is 2.18. The van der Waals surface area contributed by atoms with E-state index in [0.29, 0.717) is 17.4 Å². The molecule has 0 saturated heterocycles. The van der Waals surface area contributed by atoms with E-state index in [1.165, 1.54) is 12.8 Å². The van der Waals surface area contributed by atoms with Gasteiger partial charge in [0.05, 0.1) is 4.90 Å². The van der Waals surface area contributed by atoms with Gasteiger partial charge in [-0.1, -0.05) is 31.9 Å². The first-order valence-corrected chi connectivity index (χ1v) is 8.34. The standard InChI is InChI=1S/C14H22N2O2S/c1-2-13(8-11-6-7-11)16-19(17,18)14-5-3-4-12(9-14)10-15/h3-5,9,11,13,16H,2,6-8,10,15H2,1H3. The molecule has 0 heterocycles. The minimum Gasteiger partial charge on any atom is -0.326 e. The van der Waals surface area contributed by atoms with E-state index in [1.807, 2.05) is 13.0 Å². The summed E-state index contributed by atoms with van der Waals surface area (Å²) in [6, 6.07) is 6.87. The van der Waals surface area contributed by atoms with Crippen LogP contribution in [0.2, 0.25) is 0 Å². The summed E-state index contributed by atoms with van der Waals surface area (Å²) in [6.07, 6.45) is 4.25. The van der Waals surface area contributed by atoms with Gasteiger partial charge in [-0.15, -0.1) is 0 Å². The van der Waals surface area contributed by atoms with E-state index in [4.69, 9.17) is 5.73 Å². The number of hydrogen-bond acceptors (Lipinski definition) is 3. The Kier molecular flexibility index (Phi) is 4.60. The largest absolute Gasteiger partial charge is 0.326 e. The van der Waals surface area contributed by atoms with E-state index in [2.05, 4.69) is 4.72 Å². The van der Waals surface area contributed by atoms with Gasteiger partial charge < -0.3 is 5.73 Å². The molecule has 0 aliphatic heterocycles. The molecule has 0 radical (unpaired) electrons. The zero-order valence-electron chi connectivity index (χ0n) is 11.3. The Morgan fingerprint density at radius 3 is 2.74 bits per heavy atom. The zero-order valence-corrected chi connectivity index (χ0v) is 12.1. The maximum absolute atomic E-state index is 12.3. The lowest BCUT2D eigenvalue weighted by Gasteiger charge is -2.17. The third kappa shape index (κ3) is 4.03. The summed E-state index contributed by atoms with van der Waals surface area (Å²) >= 11 is 0. The van der Waals surface area contributed by atoms with E-state index in [1.54, 1.807) is 18.2 Å². The van der Waals surface area contributed by atoms with Crippen molar-refractivity contribution < 1.29 is 8.42 Å². The lowest BCUT2D eigenvalue weighted by Crippen LogP contribution is -2.34. The highest BCUT2D eigenvalue weighted by atomic mass is 32.2. The van der Waals surface area contributed by atoms with Gasteiger partial charge in [0.2, 0.25) is 10.0 Å². The van der Waals surface area contributed by atoms with Crippen LogP contribution < -0.4 is 10.5 Å².